The zero-order valence-electron chi connectivity index (χ0n) is 23.3. The minimum atomic E-state index is -1.58. The Kier molecular flexibility index (Phi) is 14.8. The quantitative estimate of drug-likeness (QED) is 0.0473. The van der Waals surface area contributed by atoms with Gasteiger partial charge in [0.25, 0.3) is 0 Å². The maximum atomic E-state index is 13.1. The summed E-state index contributed by atoms with van der Waals surface area (Å²) in [6, 6.07) is 2.03. The van der Waals surface area contributed by atoms with E-state index < -0.39 is 72.8 Å². The molecule has 17 nitrogen and oxygen atoms in total. The summed E-state index contributed by atoms with van der Waals surface area (Å²) in [5.41, 5.74) is 11.2. The smallest absolute Gasteiger partial charge is 0.328 e. The number of aliphatic imine (C=N–C) groups is 1. The summed E-state index contributed by atoms with van der Waals surface area (Å²) in [5.74, 6) is -5.22. The van der Waals surface area contributed by atoms with Crippen molar-refractivity contribution in [3.8, 4) is 5.75 Å². The summed E-state index contributed by atoms with van der Waals surface area (Å²) in [4.78, 5) is 76.8. The number of amides is 5. The molecule has 0 radical (unpaired) electrons. The number of aliphatic hydroxyl groups is 1. The zero-order valence-corrected chi connectivity index (χ0v) is 23.3. The van der Waals surface area contributed by atoms with Crippen LogP contribution in [0, 0.1) is 0 Å². The van der Waals surface area contributed by atoms with Crippen molar-refractivity contribution in [2.75, 3.05) is 19.6 Å². The number of nitrogens with zero attached hydrogens (tertiary/aromatic N) is 1. The van der Waals surface area contributed by atoms with Gasteiger partial charge < -0.3 is 53.4 Å². The van der Waals surface area contributed by atoms with Crippen LogP contribution in [0.4, 0.5) is 0 Å². The Balaban J connectivity index is 2.87. The third-order valence-corrected chi connectivity index (χ3v) is 5.58. The van der Waals surface area contributed by atoms with Crippen LogP contribution < -0.4 is 38.1 Å². The molecule has 232 valence electrons. The fourth-order valence-corrected chi connectivity index (χ4v) is 3.51. The summed E-state index contributed by atoms with van der Waals surface area (Å²) in [6.45, 7) is 1.37. The van der Waals surface area contributed by atoms with E-state index in [0.29, 0.717) is 12.0 Å². The van der Waals surface area contributed by atoms with E-state index in [2.05, 4.69) is 26.3 Å². The molecule has 1 aromatic carbocycles. The number of guanidine groups is 1. The largest absolute Gasteiger partial charge is 0.508 e. The van der Waals surface area contributed by atoms with E-state index in [9.17, 15) is 39.0 Å². The minimum absolute atomic E-state index is 0.0147. The molecule has 0 saturated heterocycles. The summed E-state index contributed by atoms with van der Waals surface area (Å²) < 4.78 is 0. The number of phenols is 1. The molecule has 17 heteroatoms. The number of nitrogens with two attached hydrogens (primary N) is 2. The second-order valence-electron chi connectivity index (χ2n) is 9.25. The highest BCUT2D eigenvalue weighted by Crippen LogP contribution is 2.12. The van der Waals surface area contributed by atoms with E-state index in [0.717, 1.165) is 0 Å². The lowest BCUT2D eigenvalue weighted by Crippen LogP contribution is -2.55. The van der Waals surface area contributed by atoms with Gasteiger partial charge in [-0.15, -0.1) is 0 Å². The first-order chi connectivity index (χ1) is 19.7. The number of benzene rings is 1. The van der Waals surface area contributed by atoms with Crippen molar-refractivity contribution < 1.29 is 44.1 Å². The molecule has 0 aromatic heterocycles. The van der Waals surface area contributed by atoms with E-state index >= 15 is 0 Å². The first-order valence-corrected chi connectivity index (χ1v) is 12.8. The molecule has 0 bridgehead atoms. The van der Waals surface area contributed by atoms with Crippen molar-refractivity contribution in [1.29, 1.82) is 0 Å². The number of phenolic OH excluding ortho intramolecular Hbond substituents is 1. The van der Waals surface area contributed by atoms with Crippen LogP contribution in [0.3, 0.4) is 0 Å². The first-order valence-electron chi connectivity index (χ1n) is 12.8. The topological polar surface area (TPSA) is 288 Å². The molecule has 0 saturated carbocycles. The van der Waals surface area contributed by atoms with E-state index in [1.807, 2.05) is 5.32 Å². The molecule has 0 aliphatic heterocycles. The van der Waals surface area contributed by atoms with Crippen LogP contribution in [0.1, 0.15) is 32.3 Å². The average molecular weight is 595 g/mol. The molecule has 1 rings (SSSR count). The fraction of sp³-hybridized carbons (Fsp3) is 0.480. The molecule has 42 heavy (non-hydrogen) atoms. The van der Waals surface area contributed by atoms with Gasteiger partial charge in [-0.3, -0.25) is 29.0 Å². The molecule has 0 heterocycles. The van der Waals surface area contributed by atoms with Gasteiger partial charge in [0.05, 0.1) is 19.2 Å². The molecule has 0 unspecified atom stereocenters. The predicted molar refractivity (Wildman–Crippen MR) is 149 cm³/mol. The number of hydrogen-bond donors (Lipinski definition) is 10. The van der Waals surface area contributed by atoms with E-state index in [1.165, 1.54) is 38.1 Å². The van der Waals surface area contributed by atoms with Gasteiger partial charge in [-0.25, -0.2) is 4.79 Å². The molecule has 4 atom stereocenters. The second-order valence-corrected chi connectivity index (χ2v) is 9.25. The summed E-state index contributed by atoms with van der Waals surface area (Å²) in [7, 11) is 0. The van der Waals surface area contributed by atoms with Crippen LogP contribution in [-0.4, -0.2) is 101 Å². The molecule has 12 N–H and O–H groups in total. The van der Waals surface area contributed by atoms with Gasteiger partial charge in [0.15, 0.2) is 12.0 Å². The lowest BCUT2D eigenvalue weighted by atomic mass is 10.0. The number of nitrogens with one attached hydrogen (secondary N) is 5. The molecule has 0 aliphatic rings. The molecule has 0 fully saturated rings. The first kappa shape index (κ1) is 35.1. The molecule has 1 aromatic rings. The average Bonchev–Trinajstić information content (AvgIpc) is 2.90. The number of carboxylic acids is 1. The van der Waals surface area contributed by atoms with Crippen molar-refractivity contribution in [3.63, 3.8) is 0 Å². The Morgan fingerprint density at radius 1 is 0.881 bits per heavy atom. The number of aromatic hydroxyl groups is 1. The maximum Gasteiger partial charge on any atom is 0.328 e. The highest BCUT2D eigenvalue weighted by molar-refractivity contribution is 5.94. The van der Waals surface area contributed by atoms with Gasteiger partial charge in [-0.2, -0.15) is 0 Å². The lowest BCUT2D eigenvalue weighted by molar-refractivity contribution is -0.144. The molecule has 0 aliphatic carbocycles. The maximum absolute atomic E-state index is 13.1. The van der Waals surface area contributed by atoms with Crippen molar-refractivity contribution in [2.24, 2.45) is 16.5 Å². The van der Waals surface area contributed by atoms with Crippen molar-refractivity contribution >= 4 is 41.5 Å². The van der Waals surface area contributed by atoms with Crippen molar-refractivity contribution in [2.45, 2.75) is 57.3 Å². The zero-order chi connectivity index (χ0) is 31.8. The summed E-state index contributed by atoms with van der Waals surface area (Å²) >= 11 is 0. The van der Waals surface area contributed by atoms with Crippen LogP contribution in [0.2, 0.25) is 0 Å². The standard InChI is InChI=1S/C25H38N8O9/c1-13(34)21(24(41)42)33-20(38)12-29-19(37)11-30-22(39)18(10-15-5-7-16(36)8-6-15)32-23(40)17(31-14(2)35)4-3-9-28-25(26)27/h5-8,13,17-18,21,34,36H,3-4,9-12H2,1-2H3,(H,29,37)(H,30,39)(H,31,35)(H,32,40)(H,33,38)(H,41,42)(H4,26,27,28)/t13-,17+,18+,21+/m1/s1. The van der Waals surface area contributed by atoms with E-state index in [4.69, 9.17) is 16.6 Å². The van der Waals surface area contributed by atoms with Crippen LogP contribution in [0.25, 0.3) is 0 Å². The van der Waals surface area contributed by atoms with Crippen LogP contribution in [0.15, 0.2) is 29.3 Å². The summed E-state index contributed by atoms with van der Waals surface area (Å²) in [6.07, 6.45) is -0.939. The van der Waals surface area contributed by atoms with Crippen LogP contribution in [0.5, 0.6) is 5.75 Å². The van der Waals surface area contributed by atoms with Gasteiger partial charge in [0.2, 0.25) is 29.5 Å². The lowest BCUT2D eigenvalue weighted by Gasteiger charge is -2.23. The normalized spacial score (nSPS) is 13.3. The van der Waals surface area contributed by atoms with Gasteiger partial charge in [-0.05, 0) is 37.5 Å². The number of rotatable bonds is 17. The minimum Gasteiger partial charge on any atom is -0.508 e. The van der Waals surface area contributed by atoms with E-state index in [-0.39, 0.29) is 31.1 Å². The Morgan fingerprint density at radius 3 is 2.05 bits per heavy atom. The van der Waals surface area contributed by atoms with E-state index in [1.54, 1.807) is 0 Å². The Hall–Kier alpha value is -4.93. The molecule has 0 spiro atoms. The highest BCUT2D eigenvalue weighted by Gasteiger charge is 2.27. The molecular formula is C25H38N8O9. The third-order valence-electron chi connectivity index (χ3n) is 5.58. The molecule has 5 amide bonds. The third kappa shape index (κ3) is 13.9. The molecular weight excluding hydrogens is 556 g/mol. The number of aliphatic carboxylic acids is 1. The number of hydrogen-bond acceptors (Lipinski definition) is 9. The van der Waals surface area contributed by atoms with Crippen LogP contribution in [-0.2, 0) is 35.2 Å². The number of carboxylic acid groups (broad SMARTS) is 1. The SMILES string of the molecule is CC(=O)N[C@@H](CCCN=C(N)N)C(=O)N[C@@H](Cc1ccc(O)cc1)C(=O)NCC(=O)NCC(=O)N[C@H](C(=O)O)[C@@H](C)O. The summed E-state index contributed by atoms with van der Waals surface area (Å²) in [5, 5.41) is 39.7. The fourth-order valence-electron chi connectivity index (χ4n) is 3.51. The van der Waals surface area contributed by atoms with Gasteiger partial charge in [0, 0.05) is 19.9 Å². The predicted octanol–water partition coefficient (Wildman–Crippen LogP) is -3.84. The van der Waals surface area contributed by atoms with Gasteiger partial charge >= 0.3 is 5.97 Å². The Morgan fingerprint density at radius 2 is 1.50 bits per heavy atom. The highest BCUT2D eigenvalue weighted by atomic mass is 16.4. The van der Waals surface area contributed by atoms with Crippen molar-refractivity contribution in [1.82, 2.24) is 26.6 Å². The number of carbonyl (C=O) groups excluding carboxylic acids is 5. The van der Waals surface area contributed by atoms with Crippen molar-refractivity contribution in [3.05, 3.63) is 29.8 Å². The second kappa shape index (κ2) is 17.7. The van der Waals surface area contributed by atoms with Gasteiger partial charge in [0.1, 0.15) is 17.8 Å². The number of carbonyl (C=O) groups is 6. The monoisotopic (exact) mass is 594 g/mol. The Labute approximate surface area is 241 Å². The van der Waals surface area contributed by atoms with Gasteiger partial charge in [-0.1, -0.05) is 12.1 Å². The Bertz CT molecular complexity index is 1140. The van der Waals surface area contributed by atoms with Crippen LogP contribution >= 0.6 is 0 Å². The number of aliphatic hydroxyl groups excluding tert-OH is 1.